The number of nitrogens with zero attached hydrogens (tertiary/aromatic N) is 4. The molecule has 10 nitrogen and oxygen atoms in total. The van der Waals surface area contributed by atoms with E-state index < -0.39 is 36.2 Å². The molecule has 1 fully saturated rings. The minimum absolute atomic E-state index is 0.0394. The molecule has 0 spiro atoms. The van der Waals surface area contributed by atoms with Gasteiger partial charge in [-0.15, -0.1) is 6.42 Å². The Hall–Kier alpha value is -4.50. The Morgan fingerprint density at radius 1 is 1.02 bits per heavy atom. The fraction of sp³-hybridized carbons (Fsp3) is 0.219. The summed E-state index contributed by atoms with van der Waals surface area (Å²) < 4.78 is 12.6. The van der Waals surface area contributed by atoms with Crippen molar-refractivity contribution < 1.29 is 24.8 Å². The Bertz CT molecular complexity index is 1740. The monoisotopic (exact) mass is 597 g/mol. The van der Waals surface area contributed by atoms with Crippen LogP contribution in [0, 0.1) is 12.3 Å². The molecule has 218 valence electrons. The lowest BCUT2D eigenvalue weighted by molar-refractivity contribution is -0.0721. The number of aromatic nitrogens is 4. The largest absolute Gasteiger partial charge is 0.497 e. The van der Waals surface area contributed by atoms with Crippen LogP contribution in [0.3, 0.4) is 0 Å². The van der Waals surface area contributed by atoms with Gasteiger partial charge in [-0.25, -0.2) is 4.98 Å². The van der Waals surface area contributed by atoms with Crippen LogP contribution in [0.4, 0.5) is 5.95 Å². The molecule has 0 saturated carbocycles. The third kappa shape index (κ3) is 4.68. The van der Waals surface area contributed by atoms with E-state index in [1.807, 2.05) is 84.9 Å². The summed E-state index contributed by atoms with van der Waals surface area (Å²) in [5.74, 6) is 3.06. The number of hydrogen-bond acceptors (Lipinski definition) is 9. The fourth-order valence-electron chi connectivity index (χ4n) is 5.56. The summed E-state index contributed by atoms with van der Waals surface area (Å²) >= 11 is 6.66. The molecule has 11 heteroatoms. The van der Waals surface area contributed by atoms with Gasteiger partial charge in [-0.1, -0.05) is 90.3 Å². The highest BCUT2D eigenvalue weighted by atomic mass is 35.5. The first-order chi connectivity index (χ1) is 20.8. The fourth-order valence-corrected chi connectivity index (χ4v) is 5.77. The van der Waals surface area contributed by atoms with Crippen LogP contribution >= 0.6 is 11.6 Å². The molecule has 0 radical (unpaired) electrons. The van der Waals surface area contributed by atoms with Gasteiger partial charge in [0.25, 0.3) is 0 Å². The second kappa shape index (κ2) is 11.3. The SMILES string of the molecule is C#C[C@@]1(O)[C@H](O)[C@@H](CO)O[C@H]1n1cnc2c(Cl)nc(NC(c3ccccc3)(c3ccccc3)c3ccc(OC)cc3)nc21. The summed E-state index contributed by atoms with van der Waals surface area (Å²) in [5.41, 5.74) is -0.0912. The highest BCUT2D eigenvalue weighted by Gasteiger charge is 2.56. The predicted molar refractivity (Wildman–Crippen MR) is 161 cm³/mol. The zero-order valence-electron chi connectivity index (χ0n) is 23.0. The molecule has 6 rings (SSSR count). The van der Waals surface area contributed by atoms with Crippen LogP contribution in [-0.4, -0.2) is 66.4 Å². The van der Waals surface area contributed by atoms with Crippen molar-refractivity contribution in [3.63, 3.8) is 0 Å². The van der Waals surface area contributed by atoms with Crippen LogP contribution in [0.5, 0.6) is 5.75 Å². The van der Waals surface area contributed by atoms with E-state index in [1.54, 1.807) is 7.11 Å². The van der Waals surface area contributed by atoms with Crippen molar-refractivity contribution >= 4 is 28.7 Å². The van der Waals surface area contributed by atoms with E-state index in [1.165, 1.54) is 10.9 Å². The van der Waals surface area contributed by atoms with Crippen LogP contribution in [0.2, 0.25) is 5.15 Å². The van der Waals surface area contributed by atoms with E-state index in [-0.39, 0.29) is 22.3 Å². The molecular formula is C32H28ClN5O5. The average Bonchev–Trinajstić information content (AvgIpc) is 3.59. The highest BCUT2D eigenvalue weighted by Crippen LogP contribution is 2.42. The van der Waals surface area contributed by atoms with Crippen LogP contribution in [0.1, 0.15) is 22.9 Å². The quantitative estimate of drug-likeness (QED) is 0.120. The Kier molecular flexibility index (Phi) is 7.52. The molecule has 1 saturated heterocycles. The predicted octanol–water partition coefficient (Wildman–Crippen LogP) is 3.51. The molecule has 0 unspecified atom stereocenters. The summed E-state index contributed by atoms with van der Waals surface area (Å²) in [6.45, 7) is -0.560. The second-order valence-corrected chi connectivity index (χ2v) is 10.5. The molecule has 43 heavy (non-hydrogen) atoms. The zero-order valence-corrected chi connectivity index (χ0v) is 23.8. The molecule has 1 aliphatic rings. The number of hydrogen-bond donors (Lipinski definition) is 4. The maximum Gasteiger partial charge on any atom is 0.227 e. The molecular weight excluding hydrogens is 570 g/mol. The number of methoxy groups -OCH3 is 1. The normalized spacial score (nSPS) is 21.9. The highest BCUT2D eigenvalue weighted by molar-refractivity contribution is 6.33. The number of anilines is 1. The van der Waals surface area contributed by atoms with Gasteiger partial charge in [-0.2, -0.15) is 9.97 Å². The van der Waals surface area contributed by atoms with E-state index in [9.17, 15) is 15.3 Å². The Morgan fingerprint density at radius 2 is 1.63 bits per heavy atom. The maximum absolute atomic E-state index is 11.2. The number of nitrogens with one attached hydrogen (secondary N) is 1. The molecule has 1 aliphatic heterocycles. The molecule has 3 heterocycles. The van der Waals surface area contributed by atoms with E-state index in [2.05, 4.69) is 21.2 Å². The number of fused-ring (bicyclic) bond motifs is 1. The van der Waals surface area contributed by atoms with Crippen molar-refractivity contribution in [3.05, 3.63) is 113 Å². The van der Waals surface area contributed by atoms with Gasteiger partial charge >= 0.3 is 0 Å². The van der Waals surface area contributed by atoms with Crippen LogP contribution in [0.25, 0.3) is 11.2 Å². The van der Waals surface area contributed by atoms with Crippen molar-refractivity contribution in [2.75, 3.05) is 19.0 Å². The summed E-state index contributed by atoms with van der Waals surface area (Å²) in [6, 6.07) is 27.4. The maximum atomic E-state index is 11.2. The molecule has 5 aromatic rings. The summed E-state index contributed by atoms with van der Waals surface area (Å²) in [4.78, 5) is 13.7. The molecule has 0 amide bonds. The number of benzene rings is 3. The number of aliphatic hydroxyl groups excluding tert-OH is 2. The van der Waals surface area contributed by atoms with Gasteiger partial charge in [0, 0.05) is 0 Å². The van der Waals surface area contributed by atoms with E-state index in [0.717, 1.165) is 16.7 Å². The van der Waals surface area contributed by atoms with Crippen molar-refractivity contribution in [2.24, 2.45) is 0 Å². The van der Waals surface area contributed by atoms with E-state index in [4.69, 9.17) is 32.5 Å². The second-order valence-electron chi connectivity index (χ2n) is 10.1. The lowest BCUT2D eigenvalue weighted by atomic mass is 9.77. The van der Waals surface area contributed by atoms with Crippen LogP contribution in [0.15, 0.2) is 91.3 Å². The van der Waals surface area contributed by atoms with Gasteiger partial charge in [0.15, 0.2) is 22.6 Å². The van der Waals surface area contributed by atoms with E-state index >= 15 is 0 Å². The van der Waals surface area contributed by atoms with Gasteiger partial charge in [0.1, 0.15) is 29.0 Å². The third-order valence-electron chi connectivity index (χ3n) is 7.76. The number of imidazole rings is 1. The van der Waals surface area contributed by atoms with Gasteiger partial charge in [-0.3, -0.25) is 4.57 Å². The topological polar surface area (TPSA) is 135 Å². The van der Waals surface area contributed by atoms with Crippen molar-refractivity contribution in [1.82, 2.24) is 19.5 Å². The molecule has 3 aromatic carbocycles. The number of ether oxygens (including phenoxy) is 2. The number of halogens is 1. The first kappa shape index (κ1) is 28.6. The third-order valence-corrected chi connectivity index (χ3v) is 8.03. The van der Waals surface area contributed by atoms with Crippen molar-refractivity contribution in [1.29, 1.82) is 0 Å². The minimum atomic E-state index is -2.17. The molecule has 4 N–H and O–H groups in total. The van der Waals surface area contributed by atoms with Gasteiger partial charge in [0.05, 0.1) is 20.0 Å². The van der Waals surface area contributed by atoms with E-state index in [0.29, 0.717) is 5.75 Å². The van der Waals surface area contributed by atoms with Gasteiger partial charge < -0.3 is 30.1 Å². The summed E-state index contributed by atoms with van der Waals surface area (Å²) in [5, 5.41) is 35.2. The van der Waals surface area contributed by atoms with Gasteiger partial charge in [-0.05, 0) is 28.8 Å². The lowest BCUT2D eigenvalue weighted by Gasteiger charge is -2.37. The Labute approximate surface area is 252 Å². The Morgan fingerprint density at radius 3 is 2.19 bits per heavy atom. The molecule has 0 aliphatic carbocycles. The minimum Gasteiger partial charge on any atom is -0.497 e. The molecule has 2 aromatic heterocycles. The summed E-state index contributed by atoms with van der Waals surface area (Å²) in [7, 11) is 1.61. The van der Waals surface area contributed by atoms with Crippen LogP contribution < -0.4 is 10.1 Å². The number of rotatable bonds is 8. The summed E-state index contributed by atoms with van der Waals surface area (Å²) in [6.07, 6.45) is 2.98. The average molecular weight is 598 g/mol. The standard InChI is InChI=1S/C32H28ClN5O5/c1-3-31(41)26(40)24(18-39)43-29(31)38-19-34-25-27(33)35-30(36-28(25)38)37-32(20-10-6-4-7-11-20,21-12-8-5-9-13-21)22-14-16-23(42-2)17-15-22/h1,4-17,19,24,26,29,39-41H,18H2,2H3,(H,35,36,37)/t24-,26-,29-,31-/m1/s1. The number of aliphatic hydroxyl groups is 3. The lowest BCUT2D eigenvalue weighted by Crippen LogP contribution is -2.45. The number of terminal acetylenes is 1. The zero-order chi connectivity index (χ0) is 30.2. The Balaban J connectivity index is 1.55. The van der Waals surface area contributed by atoms with Crippen LogP contribution in [-0.2, 0) is 10.3 Å². The first-order valence-electron chi connectivity index (χ1n) is 13.4. The smallest absolute Gasteiger partial charge is 0.227 e. The molecule has 4 atom stereocenters. The van der Waals surface area contributed by atoms with Crippen molar-refractivity contribution in [2.45, 2.75) is 29.6 Å². The first-order valence-corrected chi connectivity index (χ1v) is 13.8. The van der Waals surface area contributed by atoms with Gasteiger partial charge in [0.2, 0.25) is 5.95 Å². The molecule has 0 bridgehead atoms. The van der Waals surface area contributed by atoms with Crippen molar-refractivity contribution in [3.8, 4) is 18.1 Å².